The first kappa shape index (κ1) is 19.5. The van der Waals surface area contributed by atoms with Gasteiger partial charge in [0, 0.05) is 18.8 Å². The Kier molecular flexibility index (Phi) is 6.26. The fourth-order valence-corrected chi connectivity index (χ4v) is 3.97. The second kappa shape index (κ2) is 8.65. The van der Waals surface area contributed by atoms with Crippen LogP contribution in [0.3, 0.4) is 0 Å². The second-order valence-electron chi connectivity index (χ2n) is 6.72. The average molecular weight is 388 g/mol. The van der Waals surface area contributed by atoms with Crippen LogP contribution >= 0.6 is 0 Å². The number of nitrogens with one attached hydrogen (secondary N) is 2. The molecule has 1 saturated heterocycles. The predicted octanol–water partition coefficient (Wildman–Crippen LogP) is 2.63. The zero-order valence-corrected chi connectivity index (χ0v) is 16.1. The SMILES string of the molecule is Cc1ccc(CC(=O)Nc2ccc(S(=O)(=O)NC[C@H]3CCCO3)cc2)cc1. The van der Waals surface area contributed by atoms with Crippen LogP contribution in [0, 0.1) is 6.92 Å². The number of carbonyl (C=O) groups excluding carboxylic acids is 1. The summed E-state index contributed by atoms with van der Waals surface area (Å²) in [5.74, 6) is -0.147. The maximum absolute atomic E-state index is 12.3. The standard InChI is InChI=1S/C20H24N2O4S/c1-15-4-6-16(7-5-15)13-20(23)22-17-8-10-19(11-9-17)27(24,25)21-14-18-3-2-12-26-18/h4-11,18,21H,2-3,12-14H2,1H3,(H,22,23)/t18-/m1/s1. The molecule has 1 fully saturated rings. The molecule has 1 amide bonds. The Bertz CT molecular complexity index is 871. The van der Waals surface area contributed by atoms with Gasteiger partial charge in [-0.05, 0) is 49.6 Å². The van der Waals surface area contributed by atoms with E-state index in [-0.39, 0.29) is 29.9 Å². The van der Waals surface area contributed by atoms with Crippen LogP contribution in [-0.2, 0) is 26.0 Å². The molecule has 3 rings (SSSR count). The number of rotatable bonds is 7. The van der Waals surface area contributed by atoms with Crippen molar-refractivity contribution in [2.24, 2.45) is 0 Å². The number of aryl methyl sites for hydroxylation is 1. The molecule has 0 radical (unpaired) electrons. The summed E-state index contributed by atoms with van der Waals surface area (Å²) < 4.78 is 32.7. The van der Waals surface area contributed by atoms with Crippen LogP contribution < -0.4 is 10.0 Å². The Morgan fingerprint density at radius 2 is 1.81 bits per heavy atom. The van der Waals surface area contributed by atoms with E-state index in [0.29, 0.717) is 12.3 Å². The third kappa shape index (κ3) is 5.63. The van der Waals surface area contributed by atoms with Gasteiger partial charge in [-0.1, -0.05) is 29.8 Å². The monoisotopic (exact) mass is 388 g/mol. The molecule has 0 bridgehead atoms. The van der Waals surface area contributed by atoms with E-state index >= 15 is 0 Å². The fraction of sp³-hybridized carbons (Fsp3) is 0.350. The van der Waals surface area contributed by atoms with Crippen molar-refractivity contribution in [3.63, 3.8) is 0 Å². The summed E-state index contributed by atoms with van der Waals surface area (Å²) in [7, 11) is -3.59. The molecule has 1 heterocycles. The van der Waals surface area contributed by atoms with Gasteiger partial charge in [-0.2, -0.15) is 0 Å². The van der Waals surface area contributed by atoms with E-state index in [0.717, 1.165) is 24.0 Å². The first-order valence-electron chi connectivity index (χ1n) is 8.99. The van der Waals surface area contributed by atoms with Crippen LogP contribution in [0.4, 0.5) is 5.69 Å². The maximum Gasteiger partial charge on any atom is 0.240 e. The van der Waals surface area contributed by atoms with Gasteiger partial charge in [-0.15, -0.1) is 0 Å². The Hall–Kier alpha value is -2.22. The van der Waals surface area contributed by atoms with Crippen LogP contribution in [0.1, 0.15) is 24.0 Å². The van der Waals surface area contributed by atoms with Crippen molar-refractivity contribution in [2.45, 2.75) is 37.2 Å². The summed E-state index contributed by atoms with van der Waals surface area (Å²) in [5.41, 5.74) is 2.63. The number of carbonyl (C=O) groups is 1. The van der Waals surface area contributed by atoms with Gasteiger partial charge in [0.15, 0.2) is 0 Å². The van der Waals surface area contributed by atoms with Crippen molar-refractivity contribution in [1.29, 1.82) is 0 Å². The van der Waals surface area contributed by atoms with E-state index < -0.39 is 10.0 Å². The first-order chi connectivity index (χ1) is 12.9. The van der Waals surface area contributed by atoms with Gasteiger partial charge in [0.1, 0.15) is 0 Å². The summed E-state index contributed by atoms with van der Waals surface area (Å²) >= 11 is 0. The van der Waals surface area contributed by atoms with Crippen LogP contribution in [0.25, 0.3) is 0 Å². The predicted molar refractivity (Wildman–Crippen MR) is 104 cm³/mol. The molecule has 2 aromatic carbocycles. The van der Waals surface area contributed by atoms with Crippen molar-refractivity contribution in [1.82, 2.24) is 4.72 Å². The summed E-state index contributed by atoms with van der Waals surface area (Å²) in [6.07, 6.45) is 2.04. The van der Waals surface area contributed by atoms with Crippen LogP contribution in [0.5, 0.6) is 0 Å². The van der Waals surface area contributed by atoms with Crippen LogP contribution in [0.2, 0.25) is 0 Å². The summed E-state index contributed by atoms with van der Waals surface area (Å²) in [6.45, 7) is 2.95. The number of amides is 1. The molecule has 1 atom stereocenters. The highest BCUT2D eigenvalue weighted by Gasteiger charge is 2.20. The molecule has 0 unspecified atom stereocenters. The zero-order valence-electron chi connectivity index (χ0n) is 15.3. The van der Waals surface area contributed by atoms with E-state index in [4.69, 9.17) is 4.74 Å². The highest BCUT2D eigenvalue weighted by molar-refractivity contribution is 7.89. The molecule has 27 heavy (non-hydrogen) atoms. The molecule has 6 nitrogen and oxygen atoms in total. The number of sulfonamides is 1. The maximum atomic E-state index is 12.3. The molecule has 2 aromatic rings. The van der Waals surface area contributed by atoms with Crippen molar-refractivity contribution in [3.05, 3.63) is 59.7 Å². The van der Waals surface area contributed by atoms with E-state index in [1.54, 1.807) is 12.1 Å². The lowest BCUT2D eigenvalue weighted by molar-refractivity contribution is -0.115. The number of hydrogen-bond acceptors (Lipinski definition) is 4. The van der Waals surface area contributed by atoms with E-state index in [2.05, 4.69) is 10.0 Å². The van der Waals surface area contributed by atoms with Gasteiger partial charge in [-0.25, -0.2) is 13.1 Å². The molecule has 1 aliphatic heterocycles. The number of benzene rings is 2. The summed E-state index contributed by atoms with van der Waals surface area (Å²) in [5, 5.41) is 2.79. The lowest BCUT2D eigenvalue weighted by atomic mass is 10.1. The molecular weight excluding hydrogens is 364 g/mol. The largest absolute Gasteiger partial charge is 0.377 e. The van der Waals surface area contributed by atoms with Gasteiger partial charge >= 0.3 is 0 Å². The minimum absolute atomic E-state index is 0.0555. The number of anilines is 1. The lowest BCUT2D eigenvalue weighted by Crippen LogP contribution is -2.31. The average Bonchev–Trinajstić information content (AvgIpc) is 3.16. The second-order valence-corrected chi connectivity index (χ2v) is 8.49. The molecule has 0 aromatic heterocycles. The topological polar surface area (TPSA) is 84.5 Å². The van der Waals surface area contributed by atoms with E-state index in [1.807, 2.05) is 31.2 Å². The molecule has 2 N–H and O–H groups in total. The number of ether oxygens (including phenoxy) is 1. The molecule has 144 valence electrons. The molecule has 1 aliphatic rings. The number of hydrogen-bond donors (Lipinski definition) is 2. The Morgan fingerprint density at radius 3 is 2.44 bits per heavy atom. The fourth-order valence-electron chi connectivity index (χ4n) is 2.91. The van der Waals surface area contributed by atoms with E-state index in [1.165, 1.54) is 12.1 Å². The van der Waals surface area contributed by atoms with Crippen LogP contribution in [0.15, 0.2) is 53.4 Å². The summed E-state index contributed by atoms with van der Waals surface area (Å²) in [4.78, 5) is 12.3. The Labute approximate surface area is 160 Å². The summed E-state index contributed by atoms with van der Waals surface area (Å²) in [6, 6.07) is 13.9. The third-order valence-electron chi connectivity index (χ3n) is 4.46. The van der Waals surface area contributed by atoms with Gasteiger partial charge < -0.3 is 10.1 Å². The smallest absolute Gasteiger partial charge is 0.240 e. The molecule has 7 heteroatoms. The first-order valence-corrected chi connectivity index (χ1v) is 10.5. The minimum atomic E-state index is -3.59. The molecular formula is C20H24N2O4S. The van der Waals surface area contributed by atoms with Crippen molar-refractivity contribution in [3.8, 4) is 0 Å². The van der Waals surface area contributed by atoms with Gasteiger partial charge in [0.05, 0.1) is 17.4 Å². The molecule has 0 aliphatic carbocycles. The lowest BCUT2D eigenvalue weighted by Gasteiger charge is -2.12. The van der Waals surface area contributed by atoms with Crippen molar-refractivity contribution < 1.29 is 17.9 Å². The highest BCUT2D eigenvalue weighted by atomic mass is 32.2. The van der Waals surface area contributed by atoms with Crippen molar-refractivity contribution in [2.75, 3.05) is 18.5 Å². The Balaban J connectivity index is 1.55. The quantitative estimate of drug-likeness (QED) is 0.764. The highest BCUT2D eigenvalue weighted by Crippen LogP contribution is 2.16. The minimum Gasteiger partial charge on any atom is -0.377 e. The van der Waals surface area contributed by atoms with E-state index in [9.17, 15) is 13.2 Å². The Morgan fingerprint density at radius 1 is 1.11 bits per heavy atom. The third-order valence-corrected chi connectivity index (χ3v) is 5.90. The zero-order chi connectivity index (χ0) is 19.3. The van der Waals surface area contributed by atoms with Crippen LogP contribution in [-0.4, -0.2) is 33.6 Å². The van der Waals surface area contributed by atoms with Crippen molar-refractivity contribution >= 4 is 21.6 Å². The molecule has 0 saturated carbocycles. The normalized spacial score (nSPS) is 17.0. The van der Waals surface area contributed by atoms with Gasteiger partial charge in [-0.3, -0.25) is 4.79 Å². The van der Waals surface area contributed by atoms with Gasteiger partial charge in [0.2, 0.25) is 15.9 Å². The van der Waals surface area contributed by atoms with Gasteiger partial charge in [0.25, 0.3) is 0 Å². The molecule has 0 spiro atoms.